The van der Waals surface area contributed by atoms with Crippen LogP contribution in [0.2, 0.25) is 0 Å². The number of fused-ring (bicyclic) bond motifs is 1. The van der Waals surface area contributed by atoms with E-state index < -0.39 is 21.1 Å². The minimum atomic E-state index is -3.30. The Morgan fingerprint density at radius 3 is 2.79 bits per heavy atom. The smallest absolute Gasteiger partial charge is 0.305 e. The molecule has 0 bridgehead atoms. The molecule has 0 aliphatic carbocycles. The van der Waals surface area contributed by atoms with Gasteiger partial charge in [0.1, 0.15) is 0 Å². The SMILES string of the molecule is Cc1ccc2c(c1)S(=O)(=O)C(C)CN2CCC(=O)O. The van der Waals surface area contributed by atoms with Gasteiger partial charge in [-0.25, -0.2) is 8.42 Å². The summed E-state index contributed by atoms with van der Waals surface area (Å²) in [7, 11) is -3.30. The van der Waals surface area contributed by atoms with Crippen molar-refractivity contribution in [3.63, 3.8) is 0 Å². The third-order valence-electron chi connectivity index (χ3n) is 3.37. The highest BCUT2D eigenvalue weighted by atomic mass is 32.2. The third-order valence-corrected chi connectivity index (χ3v) is 5.51. The Morgan fingerprint density at radius 2 is 2.16 bits per heavy atom. The summed E-state index contributed by atoms with van der Waals surface area (Å²) in [6.45, 7) is 4.17. The van der Waals surface area contributed by atoms with Crippen LogP contribution in [0.5, 0.6) is 0 Å². The van der Waals surface area contributed by atoms with Crippen molar-refractivity contribution < 1.29 is 18.3 Å². The number of carboxylic acid groups (broad SMARTS) is 1. The van der Waals surface area contributed by atoms with E-state index in [-0.39, 0.29) is 6.42 Å². The lowest BCUT2D eigenvalue weighted by Gasteiger charge is -2.34. The topological polar surface area (TPSA) is 74.7 Å². The first-order valence-electron chi connectivity index (χ1n) is 6.13. The zero-order chi connectivity index (χ0) is 14.2. The van der Waals surface area contributed by atoms with Crippen LogP contribution in [0.15, 0.2) is 23.1 Å². The summed E-state index contributed by atoms with van der Waals surface area (Å²) >= 11 is 0. The average molecular weight is 283 g/mol. The normalized spacial score (nSPS) is 20.9. The van der Waals surface area contributed by atoms with E-state index in [4.69, 9.17) is 5.11 Å². The predicted octanol–water partition coefficient (Wildman–Crippen LogP) is 1.45. The summed E-state index contributed by atoms with van der Waals surface area (Å²) < 4.78 is 24.6. The molecule has 1 N–H and O–H groups in total. The second kappa shape index (κ2) is 4.85. The lowest BCUT2D eigenvalue weighted by atomic mass is 10.2. The van der Waals surface area contributed by atoms with Crippen molar-refractivity contribution in [2.45, 2.75) is 30.4 Å². The second-order valence-electron chi connectivity index (χ2n) is 4.92. The van der Waals surface area contributed by atoms with E-state index >= 15 is 0 Å². The number of sulfone groups is 1. The molecule has 2 rings (SSSR count). The first-order chi connectivity index (χ1) is 8.82. The number of rotatable bonds is 3. The van der Waals surface area contributed by atoms with Gasteiger partial charge in [-0.15, -0.1) is 0 Å². The standard InChI is InChI=1S/C13H17NO4S/c1-9-3-4-11-12(7-9)19(17,18)10(2)8-14(11)6-5-13(15)16/h3-4,7,10H,5-6,8H2,1-2H3,(H,15,16). The van der Waals surface area contributed by atoms with Gasteiger partial charge < -0.3 is 10.0 Å². The molecular weight excluding hydrogens is 266 g/mol. The monoisotopic (exact) mass is 283 g/mol. The molecule has 0 saturated heterocycles. The van der Waals surface area contributed by atoms with Crippen LogP contribution < -0.4 is 4.90 Å². The van der Waals surface area contributed by atoms with Crippen molar-refractivity contribution in [2.24, 2.45) is 0 Å². The number of carbonyl (C=O) groups is 1. The number of benzene rings is 1. The van der Waals surface area contributed by atoms with Gasteiger partial charge in [-0.05, 0) is 31.5 Å². The van der Waals surface area contributed by atoms with Crippen molar-refractivity contribution in [2.75, 3.05) is 18.0 Å². The van der Waals surface area contributed by atoms with Crippen LogP contribution in [-0.2, 0) is 14.6 Å². The van der Waals surface area contributed by atoms with Crippen LogP contribution in [0.3, 0.4) is 0 Å². The van der Waals surface area contributed by atoms with E-state index in [0.717, 1.165) is 5.56 Å². The van der Waals surface area contributed by atoms with Gasteiger partial charge in [0.15, 0.2) is 9.84 Å². The fourth-order valence-electron chi connectivity index (χ4n) is 2.28. The highest BCUT2D eigenvalue weighted by Crippen LogP contribution is 2.34. The molecule has 6 heteroatoms. The van der Waals surface area contributed by atoms with Crippen LogP contribution in [0.1, 0.15) is 18.9 Å². The summed E-state index contributed by atoms with van der Waals surface area (Å²) in [6, 6.07) is 5.27. The molecule has 19 heavy (non-hydrogen) atoms. The number of aliphatic carboxylic acids is 1. The van der Waals surface area contributed by atoms with Crippen LogP contribution in [0.25, 0.3) is 0 Å². The molecule has 104 valence electrons. The van der Waals surface area contributed by atoms with Crippen LogP contribution in [0, 0.1) is 6.92 Å². The molecule has 5 nitrogen and oxygen atoms in total. The molecule has 0 radical (unpaired) electrons. The fraction of sp³-hybridized carbons (Fsp3) is 0.462. The van der Waals surface area contributed by atoms with E-state index in [1.165, 1.54) is 0 Å². The van der Waals surface area contributed by atoms with Crippen molar-refractivity contribution in [3.05, 3.63) is 23.8 Å². The number of nitrogens with zero attached hydrogens (tertiary/aromatic N) is 1. The second-order valence-corrected chi connectivity index (χ2v) is 7.25. The summed E-state index contributed by atoms with van der Waals surface area (Å²) in [4.78, 5) is 12.8. The van der Waals surface area contributed by atoms with Gasteiger partial charge >= 0.3 is 5.97 Å². The fourth-order valence-corrected chi connectivity index (χ4v) is 3.92. The molecule has 0 amide bonds. The quantitative estimate of drug-likeness (QED) is 0.908. The maximum atomic E-state index is 12.3. The molecule has 1 heterocycles. The number of carboxylic acids is 1. The van der Waals surface area contributed by atoms with E-state index in [9.17, 15) is 13.2 Å². The summed E-state index contributed by atoms with van der Waals surface area (Å²) in [6.07, 6.45) is 0.0000834. The summed E-state index contributed by atoms with van der Waals surface area (Å²) in [5, 5.41) is 8.24. The number of anilines is 1. The largest absolute Gasteiger partial charge is 0.481 e. The molecule has 1 aliphatic heterocycles. The van der Waals surface area contributed by atoms with Crippen molar-refractivity contribution in [1.29, 1.82) is 0 Å². The first-order valence-corrected chi connectivity index (χ1v) is 7.68. The highest BCUT2D eigenvalue weighted by molar-refractivity contribution is 7.92. The van der Waals surface area contributed by atoms with E-state index in [1.54, 1.807) is 19.1 Å². The minimum absolute atomic E-state index is 0.0000834. The van der Waals surface area contributed by atoms with Crippen molar-refractivity contribution in [1.82, 2.24) is 0 Å². The predicted molar refractivity (Wildman–Crippen MR) is 72.3 cm³/mol. The Balaban J connectivity index is 2.44. The summed E-state index contributed by atoms with van der Waals surface area (Å²) in [5.41, 5.74) is 1.50. The molecule has 0 aromatic heterocycles. The van der Waals surface area contributed by atoms with Crippen molar-refractivity contribution in [3.8, 4) is 0 Å². The number of aryl methyl sites for hydroxylation is 1. The maximum Gasteiger partial charge on any atom is 0.305 e. The minimum Gasteiger partial charge on any atom is -0.481 e. The van der Waals surface area contributed by atoms with E-state index in [1.807, 2.05) is 17.9 Å². The lowest BCUT2D eigenvalue weighted by molar-refractivity contribution is -0.136. The number of hydrogen-bond acceptors (Lipinski definition) is 4. The van der Waals surface area contributed by atoms with E-state index in [2.05, 4.69) is 0 Å². The molecule has 1 atom stereocenters. The molecule has 0 fully saturated rings. The first kappa shape index (κ1) is 13.9. The summed E-state index contributed by atoms with van der Waals surface area (Å²) in [5.74, 6) is -0.880. The van der Waals surface area contributed by atoms with Gasteiger partial charge in [-0.3, -0.25) is 4.79 Å². The Bertz CT molecular complexity index is 609. The molecule has 1 aliphatic rings. The highest BCUT2D eigenvalue weighted by Gasteiger charge is 2.34. The Kier molecular flexibility index (Phi) is 3.54. The molecule has 0 saturated carbocycles. The Hall–Kier alpha value is -1.56. The molecule has 0 spiro atoms. The molecule has 1 aromatic carbocycles. The van der Waals surface area contributed by atoms with Gasteiger partial charge in [0.2, 0.25) is 0 Å². The number of hydrogen-bond donors (Lipinski definition) is 1. The maximum absolute atomic E-state index is 12.3. The van der Waals surface area contributed by atoms with Crippen molar-refractivity contribution >= 4 is 21.5 Å². The zero-order valence-electron chi connectivity index (χ0n) is 11.0. The molecular formula is C13H17NO4S. The third kappa shape index (κ3) is 2.58. The zero-order valence-corrected chi connectivity index (χ0v) is 11.8. The van der Waals surface area contributed by atoms with Gasteiger partial charge in [0.05, 0.1) is 22.3 Å². The van der Waals surface area contributed by atoms with Gasteiger partial charge in [0.25, 0.3) is 0 Å². The average Bonchev–Trinajstić information content (AvgIpc) is 2.32. The van der Waals surface area contributed by atoms with Gasteiger partial charge in [-0.1, -0.05) is 6.07 Å². The molecule has 1 aromatic rings. The van der Waals surface area contributed by atoms with Crippen LogP contribution in [0.4, 0.5) is 5.69 Å². The Labute approximate surface area is 112 Å². The van der Waals surface area contributed by atoms with E-state index in [0.29, 0.717) is 23.7 Å². The van der Waals surface area contributed by atoms with Gasteiger partial charge in [0, 0.05) is 13.1 Å². The molecule has 1 unspecified atom stereocenters. The lowest BCUT2D eigenvalue weighted by Crippen LogP contribution is -2.41. The van der Waals surface area contributed by atoms with Crippen LogP contribution >= 0.6 is 0 Å². The van der Waals surface area contributed by atoms with Crippen LogP contribution in [-0.4, -0.2) is 37.8 Å². The Morgan fingerprint density at radius 1 is 1.47 bits per heavy atom. The van der Waals surface area contributed by atoms with Gasteiger partial charge in [-0.2, -0.15) is 0 Å².